The van der Waals surface area contributed by atoms with Gasteiger partial charge >= 0.3 is 5.97 Å². The highest BCUT2D eigenvalue weighted by Gasteiger charge is 2.61. The molecule has 1 amide bonds. The summed E-state index contributed by atoms with van der Waals surface area (Å²) in [7, 11) is 0. The van der Waals surface area contributed by atoms with E-state index >= 15 is 0 Å². The number of amides is 1. The Bertz CT molecular complexity index is 986. The second kappa shape index (κ2) is 5.80. The molecule has 5 nitrogen and oxygen atoms in total. The quantitative estimate of drug-likeness (QED) is 0.888. The summed E-state index contributed by atoms with van der Waals surface area (Å²) in [6, 6.07) is 13.8. The van der Waals surface area contributed by atoms with E-state index < -0.39 is 16.8 Å². The third-order valence-corrected chi connectivity index (χ3v) is 6.58. The van der Waals surface area contributed by atoms with Gasteiger partial charge in [0.2, 0.25) is 5.91 Å². The number of rotatable bonds is 3. The molecule has 2 aliphatic heterocycles. The monoisotopic (exact) mass is 381 g/mol. The van der Waals surface area contributed by atoms with Crippen molar-refractivity contribution in [1.82, 2.24) is 4.90 Å². The molecule has 2 unspecified atom stereocenters. The van der Waals surface area contributed by atoms with E-state index in [0.29, 0.717) is 30.7 Å². The van der Waals surface area contributed by atoms with Crippen LogP contribution >= 0.6 is 0 Å². The molecule has 0 spiro atoms. The lowest BCUT2D eigenvalue weighted by Gasteiger charge is -2.35. The summed E-state index contributed by atoms with van der Waals surface area (Å²) < 4.78 is 20.1. The first-order valence-corrected chi connectivity index (χ1v) is 9.47. The number of benzene rings is 2. The van der Waals surface area contributed by atoms with Crippen LogP contribution in [0.4, 0.5) is 4.39 Å². The fraction of sp³-hybridized carbons (Fsp3) is 0.364. The predicted molar refractivity (Wildman–Crippen MR) is 98.6 cm³/mol. The molecule has 2 aromatic rings. The Morgan fingerprint density at radius 1 is 1.11 bits per heavy atom. The van der Waals surface area contributed by atoms with E-state index in [0.717, 1.165) is 5.56 Å². The number of carbonyl (C=O) groups excluding carboxylic acids is 1. The van der Waals surface area contributed by atoms with Crippen molar-refractivity contribution < 1.29 is 23.8 Å². The molecule has 5 rings (SSSR count). The Morgan fingerprint density at radius 2 is 1.82 bits per heavy atom. The highest BCUT2D eigenvalue weighted by molar-refractivity contribution is 5.93. The molecular formula is C22H20FNO4. The number of nitrogens with zero attached hydrogens (tertiary/aromatic N) is 1. The van der Waals surface area contributed by atoms with E-state index in [-0.39, 0.29) is 30.8 Å². The molecule has 3 aliphatic rings. The minimum Gasteiger partial charge on any atom is -0.492 e. The van der Waals surface area contributed by atoms with Crippen LogP contribution in [-0.4, -0.2) is 41.6 Å². The normalized spacial score (nSPS) is 26.8. The Hall–Kier alpha value is -2.89. The van der Waals surface area contributed by atoms with Gasteiger partial charge < -0.3 is 14.7 Å². The molecule has 0 radical (unpaired) electrons. The largest absolute Gasteiger partial charge is 0.492 e. The van der Waals surface area contributed by atoms with Crippen molar-refractivity contribution in [2.45, 2.75) is 24.2 Å². The van der Waals surface area contributed by atoms with Crippen LogP contribution in [0, 0.1) is 11.2 Å². The topological polar surface area (TPSA) is 66.8 Å². The van der Waals surface area contributed by atoms with Crippen LogP contribution in [0.5, 0.6) is 5.75 Å². The van der Waals surface area contributed by atoms with Crippen LogP contribution in [0.25, 0.3) is 0 Å². The number of hydrogen-bond donors (Lipinski definition) is 1. The van der Waals surface area contributed by atoms with Gasteiger partial charge in [-0.3, -0.25) is 9.59 Å². The highest BCUT2D eigenvalue weighted by Crippen LogP contribution is 2.54. The van der Waals surface area contributed by atoms with Gasteiger partial charge in [0.05, 0.1) is 5.41 Å². The molecule has 28 heavy (non-hydrogen) atoms. The number of aliphatic carboxylic acids is 1. The minimum absolute atomic E-state index is 0.0283. The maximum absolute atomic E-state index is 14.4. The summed E-state index contributed by atoms with van der Waals surface area (Å²) in [5.74, 6) is -1.18. The molecule has 1 aliphatic carbocycles. The molecular weight excluding hydrogens is 361 g/mol. The van der Waals surface area contributed by atoms with Gasteiger partial charge in [0.1, 0.15) is 23.6 Å². The lowest BCUT2D eigenvalue weighted by Crippen LogP contribution is -2.46. The third kappa shape index (κ3) is 2.23. The van der Waals surface area contributed by atoms with Gasteiger partial charge in [-0.25, -0.2) is 4.39 Å². The number of hydrogen-bond acceptors (Lipinski definition) is 3. The van der Waals surface area contributed by atoms with Crippen molar-refractivity contribution in [3.63, 3.8) is 0 Å². The first-order valence-electron chi connectivity index (χ1n) is 9.47. The zero-order valence-corrected chi connectivity index (χ0v) is 15.2. The molecule has 2 atom stereocenters. The van der Waals surface area contributed by atoms with Gasteiger partial charge in [0, 0.05) is 30.1 Å². The number of fused-ring (bicyclic) bond motifs is 3. The molecule has 2 fully saturated rings. The van der Waals surface area contributed by atoms with Crippen molar-refractivity contribution >= 4 is 11.9 Å². The van der Waals surface area contributed by atoms with Gasteiger partial charge in [-0.05, 0) is 25.0 Å². The summed E-state index contributed by atoms with van der Waals surface area (Å²) in [6.45, 7) is 0.415. The number of para-hydroxylation sites is 1. The summed E-state index contributed by atoms with van der Waals surface area (Å²) in [6.07, 6.45) is 1.17. The summed E-state index contributed by atoms with van der Waals surface area (Å²) in [5.41, 5.74) is -0.799. The Labute approximate surface area is 161 Å². The van der Waals surface area contributed by atoms with E-state index in [1.807, 2.05) is 24.3 Å². The standard InChI is InChI=1S/C22H20FNO4/c23-17-7-3-2-6-15(17)21(9-10-21)19(25)24-11-16-14-5-1-4-8-18(14)28-13-22(16,12-24)20(26)27/h1-8,16H,9-13H2,(H,26,27). The molecule has 2 aromatic carbocycles. The third-order valence-electron chi connectivity index (χ3n) is 6.58. The number of likely N-dealkylation sites (tertiary alicyclic amines) is 1. The van der Waals surface area contributed by atoms with Gasteiger partial charge in [-0.15, -0.1) is 0 Å². The number of carboxylic acids is 1. The highest BCUT2D eigenvalue weighted by atomic mass is 19.1. The van der Waals surface area contributed by atoms with Crippen LogP contribution in [0.2, 0.25) is 0 Å². The number of carbonyl (C=O) groups is 2. The fourth-order valence-corrected chi connectivity index (χ4v) is 4.87. The van der Waals surface area contributed by atoms with Crippen molar-refractivity contribution in [3.8, 4) is 5.75 Å². The lowest BCUT2D eigenvalue weighted by atomic mass is 9.73. The van der Waals surface area contributed by atoms with E-state index in [1.54, 1.807) is 23.1 Å². The SMILES string of the molecule is O=C(N1CC2c3ccccc3OCC2(C(=O)O)C1)C1(c2ccccc2F)CC1. The zero-order valence-electron chi connectivity index (χ0n) is 15.2. The molecule has 0 aromatic heterocycles. The van der Waals surface area contributed by atoms with Crippen molar-refractivity contribution in [1.29, 1.82) is 0 Å². The van der Waals surface area contributed by atoms with E-state index in [4.69, 9.17) is 4.74 Å². The lowest BCUT2D eigenvalue weighted by molar-refractivity contribution is -0.152. The second-order valence-corrected chi connectivity index (χ2v) is 8.09. The van der Waals surface area contributed by atoms with Crippen molar-refractivity contribution in [3.05, 3.63) is 65.5 Å². The van der Waals surface area contributed by atoms with Crippen LogP contribution < -0.4 is 4.74 Å². The zero-order chi connectivity index (χ0) is 19.5. The van der Waals surface area contributed by atoms with Gasteiger partial charge in [-0.2, -0.15) is 0 Å². The first-order chi connectivity index (χ1) is 13.5. The summed E-state index contributed by atoms with van der Waals surface area (Å²) in [4.78, 5) is 27.3. The molecule has 144 valence electrons. The molecule has 1 N–H and O–H groups in total. The molecule has 0 bridgehead atoms. The Kier molecular flexibility index (Phi) is 3.57. The number of halogens is 1. The van der Waals surface area contributed by atoms with Crippen molar-refractivity contribution in [2.24, 2.45) is 5.41 Å². The predicted octanol–water partition coefficient (Wildman–Crippen LogP) is 2.95. The van der Waals surface area contributed by atoms with Crippen molar-refractivity contribution in [2.75, 3.05) is 19.7 Å². The maximum Gasteiger partial charge on any atom is 0.315 e. The Balaban J connectivity index is 1.51. The fourth-order valence-electron chi connectivity index (χ4n) is 4.87. The van der Waals surface area contributed by atoms with Gasteiger partial charge in [0.25, 0.3) is 0 Å². The summed E-state index contributed by atoms with van der Waals surface area (Å²) >= 11 is 0. The average Bonchev–Trinajstić information content (AvgIpc) is 3.40. The molecule has 1 saturated heterocycles. The average molecular weight is 381 g/mol. The second-order valence-electron chi connectivity index (χ2n) is 8.09. The van der Waals surface area contributed by atoms with Crippen LogP contribution in [0.3, 0.4) is 0 Å². The first kappa shape index (κ1) is 17.2. The van der Waals surface area contributed by atoms with Gasteiger partial charge in [0.15, 0.2) is 0 Å². The molecule has 1 saturated carbocycles. The van der Waals surface area contributed by atoms with E-state index in [1.165, 1.54) is 6.07 Å². The van der Waals surface area contributed by atoms with E-state index in [2.05, 4.69) is 0 Å². The number of ether oxygens (including phenoxy) is 1. The molecule has 6 heteroatoms. The van der Waals surface area contributed by atoms with Gasteiger partial charge in [-0.1, -0.05) is 36.4 Å². The summed E-state index contributed by atoms with van der Waals surface area (Å²) in [5, 5.41) is 10.0. The van der Waals surface area contributed by atoms with Crippen LogP contribution in [-0.2, 0) is 15.0 Å². The van der Waals surface area contributed by atoms with E-state index in [9.17, 15) is 19.1 Å². The number of carboxylic acid groups (broad SMARTS) is 1. The minimum atomic E-state index is -1.17. The maximum atomic E-state index is 14.4. The Morgan fingerprint density at radius 3 is 2.54 bits per heavy atom. The smallest absolute Gasteiger partial charge is 0.315 e. The molecule has 2 heterocycles. The van der Waals surface area contributed by atoms with Crippen LogP contribution in [0.15, 0.2) is 48.5 Å². The van der Waals surface area contributed by atoms with Crippen LogP contribution in [0.1, 0.15) is 29.9 Å².